The van der Waals surface area contributed by atoms with Crippen LogP contribution in [-0.2, 0) is 12.0 Å². The van der Waals surface area contributed by atoms with E-state index >= 15 is 0 Å². The predicted octanol–water partition coefficient (Wildman–Crippen LogP) is 4.61. The Labute approximate surface area is 158 Å². The van der Waals surface area contributed by atoms with E-state index in [0.717, 1.165) is 48.0 Å². The van der Waals surface area contributed by atoms with E-state index in [2.05, 4.69) is 51.5 Å². The molecule has 0 spiro atoms. The van der Waals surface area contributed by atoms with Crippen LogP contribution in [0, 0.1) is 6.92 Å². The molecule has 2 bridgehead atoms. The van der Waals surface area contributed by atoms with Crippen molar-refractivity contribution >= 4 is 11.6 Å². The van der Waals surface area contributed by atoms with Crippen molar-refractivity contribution in [2.24, 2.45) is 0 Å². The van der Waals surface area contributed by atoms with Crippen LogP contribution < -0.4 is 0 Å². The fraction of sp³-hybridized carbons (Fsp3) is 0.273. The molecule has 5 rings (SSSR count). The largest absolute Gasteiger partial charge is 0.298 e. The normalized spacial score (nSPS) is 23.7. The molecule has 1 saturated heterocycles. The molecule has 2 aliphatic heterocycles. The van der Waals surface area contributed by atoms with Crippen molar-refractivity contribution in [2.45, 2.75) is 25.3 Å². The Morgan fingerprint density at radius 1 is 1.00 bits per heavy atom. The molecule has 0 saturated carbocycles. The predicted molar refractivity (Wildman–Crippen MR) is 104 cm³/mol. The van der Waals surface area contributed by atoms with Crippen molar-refractivity contribution in [3.63, 3.8) is 0 Å². The lowest BCUT2D eigenvalue weighted by molar-refractivity contribution is 0.295. The molecule has 1 fully saturated rings. The summed E-state index contributed by atoms with van der Waals surface area (Å²) in [7, 11) is 0. The van der Waals surface area contributed by atoms with Gasteiger partial charge in [0.15, 0.2) is 0 Å². The zero-order valence-corrected chi connectivity index (χ0v) is 15.5. The van der Waals surface area contributed by atoms with E-state index in [4.69, 9.17) is 11.6 Å². The summed E-state index contributed by atoms with van der Waals surface area (Å²) < 4.78 is 0. The summed E-state index contributed by atoms with van der Waals surface area (Å²) in [6.07, 6.45) is 1.16. The average Bonchev–Trinajstić information content (AvgIpc) is 3.01. The van der Waals surface area contributed by atoms with Crippen LogP contribution in [0.4, 0.5) is 0 Å². The summed E-state index contributed by atoms with van der Waals surface area (Å²) in [5.74, 6) is 0. The van der Waals surface area contributed by atoms with Gasteiger partial charge in [-0.25, -0.2) is 0 Å². The molecule has 2 atom stereocenters. The highest BCUT2D eigenvalue weighted by Crippen LogP contribution is 2.47. The molecule has 0 aliphatic carbocycles. The Balaban J connectivity index is 1.62. The van der Waals surface area contributed by atoms with Crippen LogP contribution in [0.1, 0.15) is 28.8 Å². The second kappa shape index (κ2) is 5.90. The minimum atomic E-state index is 0.0790. The molecule has 3 aromatic rings. The maximum atomic E-state index is 6.13. The van der Waals surface area contributed by atoms with Crippen molar-refractivity contribution < 1.29 is 0 Å². The van der Waals surface area contributed by atoms with Gasteiger partial charge in [0.25, 0.3) is 0 Å². The summed E-state index contributed by atoms with van der Waals surface area (Å²) >= 11 is 6.13. The molecule has 3 nitrogen and oxygen atoms in total. The molecule has 3 heterocycles. The van der Waals surface area contributed by atoms with E-state index in [9.17, 15) is 0 Å². The number of hydrogen-bond acceptors (Lipinski definition) is 3. The van der Waals surface area contributed by atoms with E-state index in [1.54, 1.807) is 0 Å². The van der Waals surface area contributed by atoms with Crippen molar-refractivity contribution in [1.29, 1.82) is 0 Å². The minimum absolute atomic E-state index is 0.0790. The third-order valence-corrected chi connectivity index (χ3v) is 6.11. The summed E-state index contributed by atoms with van der Waals surface area (Å²) in [6.45, 7) is 5.20. The highest BCUT2D eigenvalue weighted by Gasteiger charge is 2.45. The maximum absolute atomic E-state index is 6.13. The van der Waals surface area contributed by atoms with Gasteiger partial charge in [0, 0.05) is 29.1 Å². The lowest BCUT2D eigenvalue weighted by Crippen LogP contribution is -2.37. The first kappa shape index (κ1) is 16.0. The van der Waals surface area contributed by atoms with Crippen LogP contribution in [0.3, 0.4) is 0 Å². The molecule has 0 N–H and O–H groups in total. The molecule has 2 unspecified atom stereocenters. The Kier molecular flexibility index (Phi) is 3.63. The van der Waals surface area contributed by atoms with Gasteiger partial charge in [-0.2, -0.15) is 10.2 Å². The molecule has 4 heteroatoms. The van der Waals surface area contributed by atoms with Gasteiger partial charge in [-0.15, -0.1) is 0 Å². The third kappa shape index (κ3) is 2.46. The summed E-state index contributed by atoms with van der Waals surface area (Å²) in [6, 6.07) is 19.3. The molecular weight excluding hydrogens is 342 g/mol. The SMILES string of the molecule is Cc1ccc(-c2ccc3c(c2)CN2CCC3(c3ccc(Cl)cc3)C2)nn1. The summed E-state index contributed by atoms with van der Waals surface area (Å²) in [4.78, 5) is 2.56. The minimum Gasteiger partial charge on any atom is -0.298 e. The topological polar surface area (TPSA) is 29.0 Å². The third-order valence-electron chi connectivity index (χ3n) is 5.85. The second-order valence-electron chi connectivity index (χ2n) is 7.48. The van der Waals surface area contributed by atoms with Gasteiger partial charge >= 0.3 is 0 Å². The number of hydrogen-bond donors (Lipinski definition) is 0. The highest BCUT2D eigenvalue weighted by atomic mass is 35.5. The molecule has 130 valence electrons. The Morgan fingerprint density at radius 3 is 2.62 bits per heavy atom. The number of fused-ring (bicyclic) bond motifs is 4. The van der Waals surface area contributed by atoms with Crippen LogP contribution in [-0.4, -0.2) is 28.2 Å². The van der Waals surface area contributed by atoms with Crippen LogP contribution in [0.25, 0.3) is 11.3 Å². The lowest BCUT2D eigenvalue weighted by Gasteiger charge is -2.37. The fourth-order valence-electron chi connectivity index (χ4n) is 4.55. The molecule has 0 amide bonds. The number of aromatic nitrogens is 2. The zero-order valence-electron chi connectivity index (χ0n) is 14.7. The number of nitrogens with zero attached hydrogens (tertiary/aromatic N) is 3. The van der Waals surface area contributed by atoms with Gasteiger partial charge in [-0.3, -0.25) is 4.90 Å². The molecular formula is C22H20ClN3. The van der Waals surface area contributed by atoms with Crippen LogP contribution in [0.15, 0.2) is 54.6 Å². The number of benzene rings is 2. The lowest BCUT2D eigenvalue weighted by atomic mass is 9.71. The van der Waals surface area contributed by atoms with Crippen LogP contribution >= 0.6 is 11.6 Å². The highest BCUT2D eigenvalue weighted by molar-refractivity contribution is 6.30. The van der Waals surface area contributed by atoms with E-state index < -0.39 is 0 Å². The smallest absolute Gasteiger partial charge is 0.0929 e. The summed E-state index contributed by atoms with van der Waals surface area (Å²) in [5.41, 5.74) is 7.33. The van der Waals surface area contributed by atoms with Gasteiger partial charge in [0.05, 0.1) is 11.4 Å². The first-order valence-corrected chi connectivity index (χ1v) is 9.44. The molecule has 26 heavy (non-hydrogen) atoms. The maximum Gasteiger partial charge on any atom is 0.0929 e. The summed E-state index contributed by atoms with van der Waals surface area (Å²) in [5, 5.41) is 9.36. The fourth-order valence-corrected chi connectivity index (χ4v) is 4.67. The van der Waals surface area contributed by atoms with Crippen molar-refractivity contribution in [3.8, 4) is 11.3 Å². The van der Waals surface area contributed by atoms with Gasteiger partial charge < -0.3 is 0 Å². The molecule has 1 aromatic heterocycles. The second-order valence-corrected chi connectivity index (χ2v) is 7.92. The van der Waals surface area contributed by atoms with E-state index in [0.29, 0.717) is 0 Å². The zero-order chi connectivity index (χ0) is 17.7. The number of halogens is 1. The van der Waals surface area contributed by atoms with E-state index in [1.165, 1.54) is 16.7 Å². The van der Waals surface area contributed by atoms with Gasteiger partial charge in [-0.1, -0.05) is 35.9 Å². The van der Waals surface area contributed by atoms with E-state index in [-0.39, 0.29) is 5.41 Å². The Bertz CT molecular complexity index is 966. The van der Waals surface area contributed by atoms with Crippen molar-refractivity contribution in [2.75, 3.05) is 13.1 Å². The monoisotopic (exact) mass is 361 g/mol. The average molecular weight is 362 g/mol. The Hall–Kier alpha value is -2.23. The number of rotatable bonds is 2. The van der Waals surface area contributed by atoms with Crippen LogP contribution in [0.2, 0.25) is 5.02 Å². The molecule has 2 aliphatic rings. The van der Waals surface area contributed by atoms with E-state index in [1.807, 2.05) is 25.1 Å². The van der Waals surface area contributed by atoms with Gasteiger partial charge in [0.1, 0.15) is 0 Å². The van der Waals surface area contributed by atoms with Gasteiger partial charge in [0.2, 0.25) is 0 Å². The first-order chi connectivity index (χ1) is 12.6. The van der Waals surface area contributed by atoms with Gasteiger partial charge in [-0.05, 0) is 66.9 Å². The van der Waals surface area contributed by atoms with Crippen molar-refractivity contribution in [3.05, 3.63) is 82.0 Å². The molecule has 0 radical (unpaired) electrons. The first-order valence-electron chi connectivity index (χ1n) is 9.07. The quantitative estimate of drug-likeness (QED) is 0.667. The molecule has 2 aromatic carbocycles. The number of aryl methyl sites for hydroxylation is 1. The Morgan fingerprint density at radius 2 is 1.85 bits per heavy atom. The van der Waals surface area contributed by atoms with Crippen molar-refractivity contribution in [1.82, 2.24) is 15.1 Å². The van der Waals surface area contributed by atoms with Crippen LogP contribution in [0.5, 0.6) is 0 Å². The standard InChI is InChI=1S/C22H20ClN3/c1-15-2-9-21(25-24-15)16-3-8-20-17(12-16)13-26-11-10-22(20,14-26)18-4-6-19(23)7-5-18/h2-9,12H,10-11,13-14H2,1H3.